The number of pyridine rings is 1. The van der Waals surface area contributed by atoms with Crippen molar-refractivity contribution in [2.75, 3.05) is 13.2 Å². The lowest BCUT2D eigenvalue weighted by Crippen LogP contribution is -2.20. The predicted molar refractivity (Wildman–Crippen MR) is 67.8 cm³/mol. The molecule has 0 aliphatic heterocycles. The van der Waals surface area contributed by atoms with Crippen LogP contribution < -0.4 is 10.1 Å². The van der Waals surface area contributed by atoms with Gasteiger partial charge in [0.2, 0.25) is 0 Å². The summed E-state index contributed by atoms with van der Waals surface area (Å²) < 4.78 is 31.3. The minimum Gasteiger partial charge on any atom is -0.489 e. The van der Waals surface area contributed by atoms with Crippen LogP contribution in [0, 0.1) is 11.6 Å². The van der Waals surface area contributed by atoms with Crippen molar-refractivity contribution in [1.82, 2.24) is 10.3 Å². The van der Waals surface area contributed by atoms with Crippen LogP contribution in [0.1, 0.15) is 5.56 Å². The summed E-state index contributed by atoms with van der Waals surface area (Å²) in [7, 11) is 0. The zero-order valence-corrected chi connectivity index (χ0v) is 10.3. The van der Waals surface area contributed by atoms with E-state index in [1.54, 1.807) is 12.4 Å². The molecule has 3 nitrogen and oxygen atoms in total. The molecule has 0 saturated heterocycles. The highest BCUT2D eigenvalue weighted by Gasteiger charge is 2.04. The second-order valence-corrected chi connectivity index (χ2v) is 3.96. The van der Waals surface area contributed by atoms with E-state index in [1.807, 2.05) is 12.1 Å². The molecule has 0 unspecified atom stereocenters. The molecule has 1 N–H and O–H groups in total. The monoisotopic (exact) mass is 264 g/mol. The number of nitrogens with zero attached hydrogens (tertiary/aromatic N) is 1. The predicted octanol–water partition coefficient (Wildman–Crippen LogP) is 2.53. The van der Waals surface area contributed by atoms with Crippen molar-refractivity contribution >= 4 is 0 Å². The quantitative estimate of drug-likeness (QED) is 0.814. The first kappa shape index (κ1) is 13.4. The summed E-state index contributed by atoms with van der Waals surface area (Å²) in [6, 6.07) is 6.95. The van der Waals surface area contributed by atoms with Crippen LogP contribution in [0.4, 0.5) is 8.78 Å². The van der Waals surface area contributed by atoms with Gasteiger partial charge in [0, 0.05) is 31.5 Å². The van der Waals surface area contributed by atoms with Gasteiger partial charge in [0.15, 0.2) is 11.6 Å². The van der Waals surface area contributed by atoms with Gasteiger partial charge in [-0.3, -0.25) is 4.98 Å². The molecule has 0 amide bonds. The number of benzene rings is 1. The summed E-state index contributed by atoms with van der Waals surface area (Å²) in [5.74, 6) is -1.14. The van der Waals surface area contributed by atoms with E-state index in [2.05, 4.69) is 10.3 Å². The number of nitrogens with one attached hydrogen (secondary N) is 1. The molecule has 0 aliphatic rings. The highest BCUT2D eigenvalue weighted by atomic mass is 19.1. The van der Waals surface area contributed by atoms with E-state index in [1.165, 1.54) is 0 Å². The molecule has 0 bridgehead atoms. The fraction of sp³-hybridized carbons (Fsp3) is 0.214. The molecular formula is C14H14F2N2O. The number of hydrogen-bond donors (Lipinski definition) is 1. The van der Waals surface area contributed by atoms with Crippen molar-refractivity contribution in [3.63, 3.8) is 0 Å². The van der Waals surface area contributed by atoms with Gasteiger partial charge in [0.25, 0.3) is 0 Å². The molecule has 100 valence electrons. The molecule has 0 saturated carbocycles. The van der Waals surface area contributed by atoms with Crippen LogP contribution >= 0.6 is 0 Å². The molecule has 1 heterocycles. The van der Waals surface area contributed by atoms with Gasteiger partial charge in [-0.25, -0.2) is 8.78 Å². The Balaban J connectivity index is 1.71. The lowest BCUT2D eigenvalue weighted by molar-refractivity contribution is 0.296. The first-order chi connectivity index (χ1) is 9.25. The van der Waals surface area contributed by atoms with Crippen molar-refractivity contribution in [2.24, 2.45) is 0 Å². The minimum absolute atomic E-state index is 0.0665. The number of halogens is 2. The smallest absolute Gasteiger partial charge is 0.165 e. The van der Waals surface area contributed by atoms with E-state index >= 15 is 0 Å². The van der Waals surface area contributed by atoms with Crippen molar-refractivity contribution < 1.29 is 13.5 Å². The van der Waals surface area contributed by atoms with Gasteiger partial charge in [0.05, 0.1) is 0 Å². The van der Waals surface area contributed by atoms with E-state index in [4.69, 9.17) is 4.74 Å². The van der Waals surface area contributed by atoms with Crippen LogP contribution in [0.25, 0.3) is 0 Å². The normalized spacial score (nSPS) is 10.4. The van der Waals surface area contributed by atoms with Crippen LogP contribution in [0.15, 0.2) is 42.7 Å². The molecule has 0 fully saturated rings. The first-order valence-electron chi connectivity index (χ1n) is 5.93. The summed E-state index contributed by atoms with van der Waals surface area (Å²) in [6.07, 6.45) is 3.47. The summed E-state index contributed by atoms with van der Waals surface area (Å²) in [5.41, 5.74) is 1.06. The molecule has 0 aliphatic carbocycles. The SMILES string of the molecule is Fc1ccc(F)c(OCCNCc2cccnc2)c1. The molecular weight excluding hydrogens is 250 g/mol. The number of ether oxygens (including phenoxy) is 1. The second-order valence-electron chi connectivity index (χ2n) is 3.96. The summed E-state index contributed by atoms with van der Waals surface area (Å²) in [4.78, 5) is 3.99. The molecule has 0 radical (unpaired) electrons. The summed E-state index contributed by atoms with van der Waals surface area (Å²) in [5, 5.41) is 3.12. The van der Waals surface area contributed by atoms with Gasteiger partial charge >= 0.3 is 0 Å². The Morgan fingerprint density at radius 1 is 1.21 bits per heavy atom. The molecule has 0 spiro atoms. The Hall–Kier alpha value is -2.01. The third-order valence-electron chi connectivity index (χ3n) is 2.48. The Morgan fingerprint density at radius 2 is 2.11 bits per heavy atom. The van der Waals surface area contributed by atoms with Crippen LogP contribution in [0.5, 0.6) is 5.75 Å². The van der Waals surface area contributed by atoms with Gasteiger partial charge in [0.1, 0.15) is 12.4 Å². The maximum atomic E-state index is 13.2. The molecule has 2 aromatic rings. The van der Waals surface area contributed by atoms with Gasteiger partial charge in [-0.2, -0.15) is 0 Å². The summed E-state index contributed by atoms with van der Waals surface area (Å²) >= 11 is 0. The number of aromatic nitrogens is 1. The first-order valence-corrected chi connectivity index (χ1v) is 5.93. The van der Waals surface area contributed by atoms with Crippen molar-refractivity contribution in [2.45, 2.75) is 6.54 Å². The lowest BCUT2D eigenvalue weighted by Gasteiger charge is -2.08. The molecule has 19 heavy (non-hydrogen) atoms. The Labute approximate surface area is 110 Å². The van der Waals surface area contributed by atoms with E-state index in [-0.39, 0.29) is 12.4 Å². The van der Waals surface area contributed by atoms with Crippen LogP contribution in [0.2, 0.25) is 0 Å². The topological polar surface area (TPSA) is 34.1 Å². The second kappa shape index (κ2) is 6.80. The van der Waals surface area contributed by atoms with Gasteiger partial charge in [-0.1, -0.05) is 6.07 Å². The third kappa shape index (κ3) is 4.30. The van der Waals surface area contributed by atoms with Gasteiger partial charge in [-0.05, 0) is 23.8 Å². The van der Waals surface area contributed by atoms with Gasteiger partial charge < -0.3 is 10.1 Å². The maximum absolute atomic E-state index is 13.2. The Morgan fingerprint density at radius 3 is 2.89 bits per heavy atom. The van der Waals surface area contributed by atoms with Crippen molar-refractivity contribution in [3.05, 3.63) is 59.9 Å². The highest BCUT2D eigenvalue weighted by molar-refractivity contribution is 5.24. The summed E-state index contributed by atoms with van der Waals surface area (Å²) in [6.45, 7) is 1.45. The fourth-order valence-electron chi connectivity index (χ4n) is 1.56. The highest BCUT2D eigenvalue weighted by Crippen LogP contribution is 2.17. The minimum atomic E-state index is -0.561. The lowest BCUT2D eigenvalue weighted by atomic mass is 10.3. The van der Waals surface area contributed by atoms with E-state index in [9.17, 15) is 8.78 Å². The molecule has 5 heteroatoms. The average Bonchev–Trinajstić information content (AvgIpc) is 2.43. The van der Waals surface area contributed by atoms with Crippen molar-refractivity contribution in [3.8, 4) is 5.75 Å². The van der Waals surface area contributed by atoms with Crippen LogP contribution in [0.3, 0.4) is 0 Å². The zero-order valence-electron chi connectivity index (χ0n) is 10.3. The van der Waals surface area contributed by atoms with E-state index < -0.39 is 11.6 Å². The number of hydrogen-bond acceptors (Lipinski definition) is 3. The largest absolute Gasteiger partial charge is 0.489 e. The molecule has 1 aromatic heterocycles. The fourth-order valence-corrected chi connectivity index (χ4v) is 1.56. The molecule has 1 aromatic carbocycles. The maximum Gasteiger partial charge on any atom is 0.165 e. The van der Waals surface area contributed by atoms with E-state index in [0.717, 1.165) is 23.8 Å². The van der Waals surface area contributed by atoms with Gasteiger partial charge in [-0.15, -0.1) is 0 Å². The number of rotatable bonds is 6. The molecule has 2 rings (SSSR count). The Bertz CT molecular complexity index is 520. The standard InChI is InChI=1S/C14H14F2N2O/c15-12-3-4-13(16)14(8-12)19-7-6-18-10-11-2-1-5-17-9-11/h1-5,8-9,18H,6-7,10H2. The molecule has 0 atom stereocenters. The zero-order chi connectivity index (χ0) is 13.5. The van der Waals surface area contributed by atoms with Crippen molar-refractivity contribution in [1.29, 1.82) is 0 Å². The third-order valence-corrected chi connectivity index (χ3v) is 2.48. The Kier molecular flexibility index (Phi) is 4.80. The van der Waals surface area contributed by atoms with E-state index in [0.29, 0.717) is 13.1 Å². The average molecular weight is 264 g/mol. The van der Waals surface area contributed by atoms with Crippen LogP contribution in [-0.4, -0.2) is 18.1 Å². The van der Waals surface area contributed by atoms with Crippen LogP contribution in [-0.2, 0) is 6.54 Å².